The lowest BCUT2D eigenvalue weighted by molar-refractivity contribution is -0.0326. The highest BCUT2D eigenvalue weighted by Crippen LogP contribution is 2.43. The highest BCUT2D eigenvalue weighted by Gasteiger charge is 2.35. The molecule has 1 aromatic carbocycles. The standard InChI is InChI=1S/C28H37N5O4S/c1-28(2)7-6-23(37-28)17-36-22-5-3-4-20(14-22)24-16-33(27-25(24)26(29)30-18-31-27)21-12-19(13-21)15-32-8-10-38(34,35)11-9-32/h3-5,14,16,18-19,21,23H,6-13,15,17H2,1-2H3,(H2,29,30,31)/t19?,21?,23-/m0/s1. The van der Waals surface area contributed by atoms with Crippen LogP contribution in [0.5, 0.6) is 5.75 Å². The Kier molecular flexibility index (Phi) is 6.60. The predicted octanol–water partition coefficient (Wildman–Crippen LogP) is 3.70. The van der Waals surface area contributed by atoms with Crippen molar-refractivity contribution in [1.29, 1.82) is 0 Å². The second-order valence-electron chi connectivity index (χ2n) is 11.7. The zero-order valence-corrected chi connectivity index (χ0v) is 23.0. The Morgan fingerprint density at radius 3 is 2.71 bits per heavy atom. The smallest absolute Gasteiger partial charge is 0.152 e. The average molecular weight is 540 g/mol. The number of nitrogens with zero attached hydrogens (tertiary/aromatic N) is 4. The summed E-state index contributed by atoms with van der Waals surface area (Å²) in [5, 5.41) is 0.871. The van der Waals surface area contributed by atoms with Gasteiger partial charge in [-0.2, -0.15) is 0 Å². The maximum Gasteiger partial charge on any atom is 0.152 e. The van der Waals surface area contributed by atoms with Crippen molar-refractivity contribution in [2.24, 2.45) is 5.92 Å². The first-order chi connectivity index (χ1) is 18.2. The van der Waals surface area contributed by atoms with Crippen molar-refractivity contribution < 1.29 is 17.9 Å². The van der Waals surface area contributed by atoms with Crippen LogP contribution in [0.3, 0.4) is 0 Å². The summed E-state index contributed by atoms with van der Waals surface area (Å²) < 4.78 is 38.0. The number of hydrogen-bond acceptors (Lipinski definition) is 8. The van der Waals surface area contributed by atoms with Gasteiger partial charge in [0, 0.05) is 37.4 Å². The van der Waals surface area contributed by atoms with Gasteiger partial charge >= 0.3 is 0 Å². The van der Waals surface area contributed by atoms with E-state index in [2.05, 4.69) is 51.6 Å². The predicted molar refractivity (Wildman–Crippen MR) is 148 cm³/mol. The van der Waals surface area contributed by atoms with Crippen LogP contribution in [0, 0.1) is 5.92 Å². The maximum atomic E-state index is 11.7. The van der Waals surface area contributed by atoms with Gasteiger partial charge in [0.25, 0.3) is 0 Å². The van der Waals surface area contributed by atoms with Gasteiger partial charge in [-0.05, 0) is 63.1 Å². The minimum absolute atomic E-state index is 0.0792. The normalized spacial score (nSPS) is 26.8. The molecule has 0 radical (unpaired) electrons. The fourth-order valence-electron chi connectivity index (χ4n) is 6.12. The number of fused-ring (bicyclic) bond motifs is 1. The molecule has 0 spiro atoms. The molecule has 2 aromatic heterocycles. The summed E-state index contributed by atoms with van der Waals surface area (Å²) in [5.74, 6) is 2.39. The summed E-state index contributed by atoms with van der Waals surface area (Å²) >= 11 is 0. The lowest BCUT2D eigenvalue weighted by atomic mass is 9.79. The Bertz CT molecular complexity index is 1420. The molecule has 9 nitrogen and oxygen atoms in total. The zero-order valence-electron chi connectivity index (χ0n) is 22.2. The van der Waals surface area contributed by atoms with E-state index in [1.807, 2.05) is 12.1 Å². The minimum Gasteiger partial charge on any atom is -0.491 e. The van der Waals surface area contributed by atoms with Crippen molar-refractivity contribution in [2.45, 2.75) is 57.3 Å². The Hall–Kier alpha value is -2.69. The molecule has 2 saturated heterocycles. The summed E-state index contributed by atoms with van der Waals surface area (Å²) in [6, 6.07) is 8.44. The first-order valence-electron chi connectivity index (χ1n) is 13.6. The first-order valence-corrected chi connectivity index (χ1v) is 15.4. The van der Waals surface area contributed by atoms with Crippen molar-refractivity contribution >= 4 is 26.7 Å². The van der Waals surface area contributed by atoms with E-state index in [-0.39, 0.29) is 23.2 Å². The molecule has 2 aliphatic heterocycles. The maximum absolute atomic E-state index is 11.7. The molecular formula is C28H37N5O4S. The van der Waals surface area contributed by atoms with Crippen LogP contribution in [0.4, 0.5) is 5.82 Å². The summed E-state index contributed by atoms with van der Waals surface area (Å²) in [7, 11) is -2.85. The number of hydrogen-bond donors (Lipinski definition) is 1. The molecule has 204 valence electrons. The third kappa shape index (κ3) is 5.26. The number of nitrogen functional groups attached to an aromatic ring is 1. The van der Waals surface area contributed by atoms with E-state index in [4.69, 9.17) is 15.2 Å². The monoisotopic (exact) mass is 539 g/mol. The van der Waals surface area contributed by atoms with Crippen LogP contribution in [-0.4, -0.2) is 77.3 Å². The molecule has 3 aromatic rings. The van der Waals surface area contributed by atoms with Gasteiger partial charge in [-0.15, -0.1) is 0 Å². The fourth-order valence-corrected chi connectivity index (χ4v) is 7.39. The third-order valence-corrected chi connectivity index (χ3v) is 9.94. The Balaban J connectivity index is 1.17. The van der Waals surface area contributed by atoms with Gasteiger partial charge in [0.2, 0.25) is 0 Å². The highest BCUT2D eigenvalue weighted by molar-refractivity contribution is 7.91. The summed E-state index contributed by atoms with van der Waals surface area (Å²) in [6.45, 7) is 7.03. The topological polar surface area (TPSA) is 113 Å². The SMILES string of the molecule is CC1(C)CC[C@@H](COc2cccc(-c3cn(C4CC(CN5CCS(=O)(=O)CC5)C4)c4ncnc(N)c34)c2)O1. The lowest BCUT2D eigenvalue weighted by Gasteiger charge is -2.40. The Morgan fingerprint density at radius 2 is 1.97 bits per heavy atom. The minimum atomic E-state index is -2.85. The molecule has 38 heavy (non-hydrogen) atoms. The first kappa shape index (κ1) is 25.6. The number of rotatable bonds is 7. The van der Waals surface area contributed by atoms with E-state index < -0.39 is 9.84 Å². The van der Waals surface area contributed by atoms with Gasteiger partial charge in [0.05, 0.1) is 28.6 Å². The number of anilines is 1. The van der Waals surface area contributed by atoms with Crippen LogP contribution in [0.1, 0.15) is 45.6 Å². The molecule has 1 atom stereocenters. The fraction of sp³-hybridized carbons (Fsp3) is 0.571. The molecule has 0 amide bonds. The average Bonchev–Trinajstić information content (AvgIpc) is 3.41. The summed E-state index contributed by atoms with van der Waals surface area (Å²) in [5.41, 5.74) is 9.18. The van der Waals surface area contributed by atoms with E-state index >= 15 is 0 Å². The molecule has 10 heteroatoms. The zero-order chi connectivity index (χ0) is 26.5. The van der Waals surface area contributed by atoms with Crippen LogP contribution < -0.4 is 10.5 Å². The van der Waals surface area contributed by atoms with Crippen molar-refractivity contribution in [1.82, 2.24) is 19.4 Å². The molecule has 3 aliphatic rings. The van der Waals surface area contributed by atoms with Gasteiger partial charge in [0.15, 0.2) is 9.84 Å². The Labute approximate surface area is 224 Å². The second-order valence-corrected chi connectivity index (χ2v) is 14.0. The van der Waals surface area contributed by atoms with Crippen LogP contribution in [0.15, 0.2) is 36.8 Å². The number of ether oxygens (including phenoxy) is 2. The lowest BCUT2D eigenvalue weighted by Crippen LogP contribution is -2.44. The van der Waals surface area contributed by atoms with E-state index in [9.17, 15) is 8.42 Å². The van der Waals surface area contributed by atoms with Gasteiger partial charge in [-0.1, -0.05) is 12.1 Å². The van der Waals surface area contributed by atoms with E-state index in [1.165, 1.54) is 6.33 Å². The van der Waals surface area contributed by atoms with Crippen LogP contribution in [0.2, 0.25) is 0 Å². The number of nitrogens with two attached hydrogens (primary N) is 1. The second kappa shape index (κ2) is 9.81. The molecule has 2 N–H and O–H groups in total. The van der Waals surface area contributed by atoms with Crippen LogP contribution in [0.25, 0.3) is 22.2 Å². The number of sulfone groups is 1. The van der Waals surface area contributed by atoms with Gasteiger partial charge in [-0.25, -0.2) is 18.4 Å². The largest absolute Gasteiger partial charge is 0.491 e. The number of benzene rings is 1. The van der Waals surface area contributed by atoms with Gasteiger partial charge in [-0.3, -0.25) is 0 Å². The molecule has 4 heterocycles. The van der Waals surface area contributed by atoms with Crippen LogP contribution in [-0.2, 0) is 14.6 Å². The van der Waals surface area contributed by atoms with Crippen molar-refractivity contribution in [2.75, 3.05) is 43.5 Å². The van der Waals surface area contributed by atoms with Crippen molar-refractivity contribution in [3.05, 3.63) is 36.8 Å². The highest BCUT2D eigenvalue weighted by atomic mass is 32.2. The molecule has 3 fully saturated rings. The molecule has 6 rings (SSSR count). The summed E-state index contributed by atoms with van der Waals surface area (Å²) in [4.78, 5) is 11.2. The van der Waals surface area contributed by atoms with E-state index in [0.29, 0.717) is 37.5 Å². The molecule has 1 saturated carbocycles. The molecule has 1 aliphatic carbocycles. The quantitative estimate of drug-likeness (QED) is 0.484. The van der Waals surface area contributed by atoms with Crippen molar-refractivity contribution in [3.8, 4) is 16.9 Å². The summed E-state index contributed by atoms with van der Waals surface area (Å²) in [6.07, 6.45) is 7.93. The molecule has 0 bridgehead atoms. The van der Waals surface area contributed by atoms with Gasteiger partial charge in [0.1, 0.15) is 30.1 Å². The third-order valence-electron chi connectivity index (χ3n) is 8.33. The molecule has 0 unspecified atom stereocenters. The molecular weight excluding hydrogens is 502 g/mol. The number of aromatic nitrogens is 3. The van der Waals surface area contributed by atoms with E-state index in [0.717, 1.165) is 60.1 Å². The van der Waals surface area contributed by atoms with E-state index in [1.54, 1.807) is 0 Å². The van der Waals surface area contributed by atoms with Gasteiger partial charge < -0.3 is 24.7 Å². The van der Waals surface area contributed by atoms with Crippen LogP contribution >= 0.6 is 0 Å². The Morgan fingerprint density at radius 1 is 1.18 bits per heavy atom. The van der Waals surface area contributed by atoms with Crippen molar-refractivity contribution in [3.63, 3.8) is 0 Å².